The van der Waals surface area contributed by atoms with Gasteiger partial charge in [0, 0.05) is 22.7 Å². The van der Waals surface area contributed by atoms with E-state index in [0.29, 0.717) is 6.54 Å². The average Bonchev–Trinajstić information content (AvgIpc) is 2.87. The molecule has 3 rings (SSSR count). The lowest BCUT2D eigenvalue weighted by atomic mass is 10.1. The molecule has 96 valence electrons. The number of aromatic amines is 1. The molecule has 1 aromatic heterocycles. The molecule has 0 fully saturated rings. The smallest absolute Gasteiger partial charge is 0.125 e. The molecular weight excluding hydrogens is 307 g/mol. The van der Waals surface area contributed by atoms with Crippen LogP contribution in [-0.2, 0) is 6.54 Å². The zero-order chi connectivity index (χ0) is 13.2. The van der Waals surface area contributed by atoms with Crippen LogP contribution >= 0.6 is 15.9 Å². The number of aromatic nitrogens is 1. The molecule has 2 N–H and O–H groups in total. The lowest BCUT2D eigenvalue weighted by Crippen LogP contribution is -2.00. The standard InChI is InChI=1S/C15H12BrFN2/c16-13-4-3-12(17)8-15(13)19-9-10-1-2-11-5-6-18-14(11)7-10/h1-8,18-19H,9H2. The van der Waals surface area contributed by atoms with Gasteiger partial charge in [0.15, 0.2) is 0 Å². The topological polar surface area (TPSA) is 27.8 Å². The van der Waals surface area contributed by atoms with Crippen molar-refractivity contribution in [3.05, 3.63) is 64.5 Å². The third-order valence-corrected chi connectivity index (χ3v) is 3.72. The molecule has 4 heteroatoms. The van der Waals surface area contributed by atoms with Crippen LogP contribution in [-0.4, -0.2) is 4.98 Å². The predicted molar refractivity (Wildman–Crippen MR) is 79.7 cm³/mol. The van der Waals surface area contributed by atoms with Crippen LogP contribution in [0.15, 0.2) is 53.1 Å². The number of nitrogens with one attached hydrogen (secondary N) is 2. The Balaban J connectivity index is 1.79. The van der Waals surface area contributed by atoms with Crippen molar-refractivity contribution in [2.75, 3.05) is 5.32 Å². The predicted octanol–water partition coefficient (Wildman–Crippen LogP) is 4.68. The van der Waals surface area contributed by atoms with Crippen molar-refractivity contribution in [3.63, 3.8) is 0 Å². The van der Waals surface area contributed by atoms with E-state index in [1.165, 1.54) is 17.5 Å². The molecule has 0 radical (unpaired) electrons. The summed E-state index contributed by atoms with van der Waals surface area (Å²) >= 11 is 3.40. The number of hydrogen-bond donors (Lipinski definition) is 2. The van der Waals surface area contributed by atoms with E-state index in [4.69, 9.17) is 0 Å². The van der Waals surface area contributed by atoms with E-state index in [2.05, 4.69) is 44.4 Å². The van der Waals surface area contributed by atoms with Crippen LogP contribution in [0.5, 0.6) is 0 Å². The molecule has 0 aliphatic rings. The molecule has 0 aliphatic carbocycles. The summed E-state index contributed by atoms with van der Waals surface area (Å²) in [5.74, 6) is -0.245. The van der Waals surface area contributed by atoms with E-state index in [-0.39, 0.29) is 5.82 Å². The van der Waals surface area contributed by atoms with Crippen molar-refractivity contribution in [1.82, 2.24) is 4.98 Å². The number of fused-ring (bicyclic) bond motifs is 1. The second kappa shape index (κ2) is 5.05. The van der Waals surface area contributed by atoms with Crippen molar-refractivity contribution in [3.8, 4) is 0 Å². The zero-order valence-electron chi connectivity index (χ0n) is 10.1. The van der Waals surface area contributed by atoms with E-state index in [1.54, 1.807) is 6.07 Å². The second-order valence-electron chi connectivity index (χ2n) is 4.38. The first-order valence-electron chi connectivity index (χ1n) is 5.97. The first-order chi connectivity index (χ1) is 9.22. The highest BCUT2D eigenvalue weighted by molar-refractivity contribution is 9.10. The molecule has 0 spiro atoms. The Morgan fingerprint density at radius 2 is 2.00 bits per heavy atom. The fourth-order valence-corrected chi connectivity index (χ4v) is 2.42. The lowest BCUT2D eigenvalue weighted by molar-refractivity contribution is 0.628. The van der Waals surface area contributed by atoms with Gasteiger partial charge in [-0.3, -0.25) is 0 Å². The highest BCUT2D eigenvalue weighted by atomic mass is 79.9. The number of halogens is 2. The van der Waals surface area contributed by atoms with Crippen molar-refractivity contribution in [1.29, 1.82) is 0 Å². The van der Waals surface area contributed by atoms with Crippen molar-refractivity contribution < 1.29 is 4.39 Å². The molecule has 0 amide bonds. The Kier molecular flexibility index (Phi) is 3.25. The van der Waals surface area contributed by atoms with Gasteiger partial charge in [0.2, 0.25) is 0 Å². The normalized spacial score (nSPS) is 10.8. The quantitative estimate of drug-likeness (QED) is 0.721. The second-order valence-corrected chi connectivity index (χ2v) is 5.23. The first-order valence-corrected chi connectivity index (χ1v) is 6.76. The maximum absolute atomic E-state index is 13.2. The molecule has 0 atom stereocenters. The third kappa shape index (κ3) is 2.63. The Bertz CT molecular complexity index is 721. The van der Waals surface area contributed by atoms with E-state index in [9.17, 15) is 4.39 Å². The molecule has 0 aliphatic heterocycles. The van der Waals surface area contributed by atoms with Gasteiger partial charge < -0.3 is 10.3 Å². The molecule has 2 aromatic carbocycles. The van der Waals surface area contributed by atoms with E-state index < -0.39 is 0 Å². The molecule has 3 aromatic rings. The van der Waals surface area contributed by atoms with Gasteiger partial charge in [0.25, 0.3) is 0 Å². The Morgan fingerprint density at radius 3 is 2.89 bits per heavy atom. The van der Waals surface area contributed by atoms with Crippen LogP contribution in [0, 0.1) is 5.82 Å². The Morgan fingerprint density at radius 1 is 1.11 bits per heavy atom. The molecule has 0 bridgehead atoms. The van der Waals surface area contributed by atoms with Crippen molar-refractivity contribution in [2.45, 2.75) is 6.54 Å². The fraction of sp³-hybridized carbons (Fsp3) is 0.0667. The fourth-order valence-electron chi connectivity index (χ4n) is 2.04. The minimum absolute atomic E-state index is 0.245. The summed E-state index contributed by atoms with van der Waals surface area (Å²) in [4.78, 5) is 3.18. The molecule has 0 unspecified atom stereocenters. The van der Waals surface area contributed by atoms with Gasteiger partial charge in [-0.05, 0) is 57.2 Å². The van der Waals surface area contributed by atoms with Crippen LogP contribution in [0.25, 0.3) is 10.9 Å². The van der Waals surface area contributed by atoms with E-state index in [0.717, 1.165) is 21.2 Å². The van der Waals surface area contributed by atoms with Gasteiger partial charge in [-0.1, -0.05) is 12.1 Å². The van der Waals surface area contributed by atoms with Gasteiger partial charge in [-0.25, -0.2) is 4.39 Å². The zero-order valence-corrected chi connectivity index (χ0v) is 11.7. The summed E-state index contributed by atoms with van der Waals surface area (Å²) in [5, 5.41) is 4.42. The number of hydrogen-bond acceptors (Lipinski definition) is 1. The summed E-state index contributed by atoms with van der Waals surface area (Å²) in [7, 11) is 0. The minimum atomic E-state index is -0.245. The monoisotopic (exact) mass is 318 g/mol. The summed E-state index contributed by atoms with van der Waals surface area (Å²) in [6, 6.07) is 12.9. The molecule has 1 heterocycles. The van der Waals surface area contributed by atoms with E-state index in [1.807, 2.05) is 12.3 Å². The third-order valence-electron chi connectivity index (χ3n) is 3.03. The molecular formula is C15H12BrFN2. The molecule has 0 saturated carbocycles. The number of benzene rings is 2. The first kappa shape index (κ1) is 12.2. The van der Waals surface area contributed by atoms with Gasteiger partial charge in [-0.15, -0.1) is 0 Å². The minimum Gasteiger partial charge on any atom is -0.380 e. The van der Waals surface area contributed by atoms with Crippen LogP contribution in [0.1, 0.15) is 5.56 Å². The number of rotatable bonds is 3. The SMILES string of the molecule is Fc1ccc(Br)c(NCc2ccc3cc[nH]c3c2)c1. The lowest BCUT2D eigenvalue weighted by Gasteiger charge is -2.09. The Hall–Kier alpha value is -1.81. The maximum atomic E-state index is 13.2. The Labute approximate surface area is 118 Å². The summed E-state index contributed by atoms with van der Waals surface area (Å²) in [5.41, 5.74) is 3.01. The number of anilines is 1. The highest BCUT2D eigenvalue weighted by Crippen LogP contribution is 2.24. The highest BCUT2D eigenvalue weighted by Gasteiger charge is 2.02. The molecule has 19 heavy (non-hydrogen) atoms. The van der Waals surface area contributed by atoms with Gasteiger partial charge >= 0.3 is 0 Å². The summed E-state index contributed by atoms with van der Waals surface area (Å²) in [6.07, 6.45) is 1.92. The van der Waals surface area contributed by atoms with Crippen molar-refractivity contribution in [2.24, 2.45) is 0 Å². The van der Waals surface area contributed by atoms with Crippen LogP contribution in [0.2, 0.25) is 0 Å². The van der Waals surface area contributed by atoms with Gasteiger partial charge in [0.1, 0.15) is 5.82 Å². The number of H-pyrrole nitrogens is 1. The van der Waals surface area contributed by atoms with Gasteiger partial charge in [0.05, 0.1) is 5.69 Å². The average molecular weight is 319 g/mol. The van der Waals surface area contributed by atoms with Crippen LogP contribution in [0.4, 0.5) is 10.1 Å². The summed E-state index contributed by atoms with van der Waals surface area (Å²) in [6.45, 7) is 0.650. The largest absolute Gasteiger partial charge is 0.380 e. The van der Waals surface area contributed by atoms with Crippen LogP contribution in [0.3, 0.4) is 0 Å². The maximum Gasteiger partial charge on any atom is 0.125 e. The van der Waals surface area contributed by atoms with Crippen molar-refractivity contribution >= 4 is 32.5 Å². The van der Waals surface area contributed by atoms with Gasteiger partial charge in [-0.2, -0.15) is 0 Å². The molecule has 2 nitrogen and oxygen atoms in total. The molecule has 0 saturated heterocycles. The van der Waals surface area contributed by atoms with E-state index >= 15 is 0 Å². The summed E-state index contributed by atoms with van der Waals surface area (Å²) < 4.78 is 14.0. The van der Waals surface area contributed by atoms with Crippen LogP contribution < -0.4 is 5.32 Å².